The van der Waals surface area contributed by atoms with E-state index in [0.717, 1.165) is 23.7 Å². The van der Waals surface area contributed by atoms with Crippen LogP contribution in [-0.4, -0.2) is 24.2 Å². The number of hydrogen-bond donors (Lipinski definition) is 1. The Hall–Kier alpha value is -1.34. The summed E-state index contributed by atoms with van der Waals surface area (Å²) in [6.07, 6.45) is 0. The maximum atomic E-state index is 8.83. The minimum Gasteiger partial charge on any atom is -0.381 e. The number of thioether (sulfide) groups is 1. The summed E-state index contributed by atoms with van der Waals surface area (Å²) in [7, 11) is 0. The molecule has 1 aromatic rings. The summed E-state index contributed by atoms with van der Waals surface area (Å²) in [5.74, 6) is 2.28. The van der Waals surface area contributed by atoms with Crippen molar-refractivity contribution in [3.63, 3.8) is 0 Å². The van der Waals surface area contributed by atoms with Crippen LogP contribution in [0.4, 0.5) is 11.4 Å². The molecule has 0 amide bonds. The maximum Gasteiger partial charge on any atom is 0.0992 e. The molecule has 2 aliphatic heterocycles. The average molecular weight is 217 g/mol. The number of fused-ring (bicyclic) bond motifs is 3. The van der Waals surface area contributed by atoms with Crippen LogP contribution in [0.5, 0.6) is 0 Å². The largest absolute Gasteiger partial charge is 0.381 e. The Morgan fingerprint density at radius 2 is 2.47 bits per heavy atom. The van der Waals surface area contributed by atoms with Crippen LogP contribution < -0.4 is 10.2 Å². The predicted octanol–water partition coefficient (Wildman–Crippen LogP) is 1.86. The van der Waals surface area contributed by atoms with Gasteiger partial charge in [-0.2, -0.15) is 5.26 Å². The van der Waals surface area contributed by atoms with Crippen molar-refractivity contribution in [2.75, 3.05) is 28.4 Å². The molecule has 3 nitrogen and oxygen atoms in total. The van der Waals surface area contributed by atoms with E-state index in [2.05, 4.69) is 22.4 Å². The molecule has 0 aromatic heterocycles. The molecule has 0 saturated carbocycles. The number of nitrogens with one attached hydrogen (secondary N) is 1. The van der Waals surface area contributed by atoms with E-state index in [4.69, 9.17) is 5.26 Å². The summed E-state index contributed by atoms with van der Waals surface area (Å²) in [6.45, 7) is 0.995. The first-order valence-electron chi connectivity index (χ1n) is 5.01. The predicted molar refractivity (Wildman–Crippen MR) is 63.2 cm³/mol. The first kappa shape index (κ1) is 8.93. The molecule has 76 valence electrons. The fourth-order valence-electron chi connectivity index (χ4n) is 2.14. The third-order valence-electron chi connectivity index (χ3n) is 2.94. The third kappa shape index (κ3) is 1.35. The molecule has 4 heteroatoms. The number of nitriles is 1. The standard InChI is InChI=1S/C11H11N3S/c12-4-8-1-2-11-10(3-8)13-5-9-6-15-7-14(9)11/h1-3,9,13H,5-7H2/t9-/m0/s1. The summed E-state index contributed by atoms with van der Waals surface area (Å²) in [4.78, 5) is 2.43. The lowest BCUT2D eigenvalue weighted by Crippen LogP contribution is -2.40. The van der Waals surface area contributed by atoms with Gasteiger partial charge in [-0.3, -0.25) is 0 Å². The quantitative estimate of drug-likeness (QED) is 0.720. The Bertz CT molecular complexity index is 438. The van der Waals surface area contributed by atoms with Crippen molar-refractivity contribution < 1.29 is 0 Å². The van der Waals surface area contributed by atoms with Crippen molar-refractivity contribution in [2.24, 2.45) is 0 Å². The lowest BCUT2D eigenvalue weighted by Gasteiger charge is -2.33. The van der Waals surface area contributed by atoms with Gasteiger partial charge in [0.2, 0.25) is 0 Å². The zero-order chi connectivity index (χ0) is 10.3. The highest BCUT2D eigenvalue weighted by atomic mass is 32.2. The number of rotatable bonds is 0. The average Bonchev–Trinajstić information content (AvgIpc) is 2.76. The van der Waals surface area contributed by atoms with Gasteiger partial charge in [-0.15, -0.1) is 11.8 Å². The van der Waals surface area contributed by atoms with Crippen LogP contribution in [0.25, 0.3) is 0 Å². The Balaban J connectivity index is 2.05. The fraction of sp³-hybridized carbons (Fsp3) is 0.364. The van der Waals surface area contributed by atoms with Gasteiger partial charge >= 0.3 is 0 Å². The molecule has 0 bridgehead atoms. The lowest BCUT2D eigenvalue weighted by molar-refractivity contribution is 0.722. The van der Waals surface area contributed by atoms with Gasteiger partial charge in [0.25, 0.3) is 0 Å². The van der Waals surface area contributed by atoms with E-state index in [1.165, 1.54) is 11.4 Å². The fourth-order valence-corrected chi connectivity index (χ4v) is 3.37. The topological polar surface area (TPSA) is 39.1 Å². The molecule has 1 aromatic carbocycles. The molecule has 15 heavy (non-hydrogen) atoms. The molecule has 2 aliphatic rings. The van der Waals surface area contributed by atoms with Gasteiger partial charge in [0.05, 0.1) is 34.9 Å². The molecule has 0 aliphatic carbocycles. The van der Waals surface area contributed by atoms with Gasteiger partial charge in [0, 0.05) is 12.3 Å². The summed E-state index contributed by atoms with van der Waals surface area (Å²) in [6, 6.07) is 8.68. The Labute approximate surface area is 93.1 Å². The first-order chi connectivity index (χ1) is 7.38. The first-order valence-corrected chi connectivity index (χ1v) is 6.16. The highest BCUT2D eigenvalue weighted by molar-refractivity contribution is 7.99. The summed E-state index contributed by atoms with van der Waals surface area (Å²) < 4.78 is 0. The summed E-state index contributed by atoms with van der Waals surface area (Å²) in [5, 5.41) is 12.2. The van der Waals surface area contributed by atoms with Crippen molar-refractivity contribution in [2.45, 2.75) is 6.04 Å². The second-order valence-electron chi connectivity index (χ2n) is 3.85. The zero-order valence-corrected chi connectivity index (χ0v) is 9.05. The SMILES string of the molecule is N#Cc1ccc2c(c1)NC[C@H]1CSCN21. The van der Waals surface area contributed by atoms with Gasteiger partial charge in [-0.1, -0.05) is 0 Å². The van der Waals surface area contributed by atoms with E-state index in [1.807, 2.05) is 23.9 Å². The molecule has 1 atom stereocenters. The number of anilines is 2. The van der Waals surface area contributed by atoms with Crippen LogP contribution in [-0.2, 0) is 0 Å². The van der Waals surface area contributed by atoms with E-state index in [0.29, 0.717) is 6.04 Å². The molecule has 3 rings (SSSR count). The highest BCUT2D eigenvalue weighted by Crippen LogP contribution is 2.37. The second kappa shape index (κ2) is 3.35. The molecule has 1 fully saturated rings. The van der Waals surface area contributed by atoms with Gasteiger partial charge < -0.3 is 10.2 Å². The van der Waals surface area contributed by atoms with Crippen LogP contribution in [0.2, 0.25) is 0 Å². The highest BCUT2D eigenvalue weighted by Gasteiger charge is 2.30. The molecule has 0 unspecified atom stereocenters. The van der Waals surface area contributed by atoms with E-state index < -0.39 is 0 Å². The number of hydrogen-bond acceptors (Lipinski definition) is 4. The molecular formula is C11H11N3S. The van der Waals surface area contributed by atoms with Gasteiger partial charge in [-0.05, 0) is 18.2 Å². The molecule has 0 spiro atoms. The zero-order valence-electron chi connectivity index (χ0n) is 8.23. The van der Waals surface area contributed by atoms with Gasteiger partial charge in [0.15, 0.2) is 0 Å². The van der Waals surface area contributed by atoms with Crippen LogP contribution in [0.3, 0.4) is 0 Å². The minimum atomic E-state index is 0.621. The van der Waals surface area contributed by atoms with E-state index in [9.17, 15) is 0 Å². The monoisotopic (exact) mass is 217 g/mol. The van der Waals surface area contributed by atoms with Gasteiger partial charge in [-0.25, -0.2) is 0 Å². The van der Waals surface area contributed by atoms with Gasteiger partial charge in [0.1, 0.15) is 0 Å². The number of nitrogens with zero attached hydrogens (tertiary/aromatic N) is 2. The smallest absolute Gasteiger partial charge is 0.0992 e. The van der Waals surface area contributed by atoms with E-state index in [1.54, 1.807) is 0 Å². The van der Waals surface area contributed by atoms with E-state index in [-0.39, 0.29) is 0 Å². The van der Waals surface area contributed by atoms with Crippen molar-refractivity contribution in [3.8, 4) is 6.07 Å². The maximum absolute atomic E-state index is 8.83. The molecule has 0 radical (unpaired) electrons. The van der Waals surface area contributed by atoms with Crippen LogP contribution in [0, 0.1) is 11.3 Å². The number of benzene rings is 1. The van der Waals surface area contributed by atoms with Crippen molar-refractivity contribution in [3.05, 3.63) is 23.8 Å². The molecule has 1 saturated heterocycles. The Kier molecular flexibility index (Phi) is 2.00. The normalized spacial score (nSPS) is 22.6. The second-order valence-corrected chi connectivity index (χ2v) is 4.85. The molecular weight excluding hydrogens is 206 g/mol. The van der Waals surface area contributed by atoms with E-state index >= 15 is 0 Å². The summed E-state index contributed by atoms with van der Waals surface area (Å²) in [5.41, 5.74) is 3.08. The van der Waals surface area contributed by atoms with Crippen LogP contribution >= 0.6 is 11.8 Å². The van der Waals surface area contributed by atoms with Crippen LogP contribution in [0.15, 0.2) is 18.2 Å². The Morgan fingerprint density at radius 3 is 3.33 bits per heavy atom. The Morgan fingerprint density at radius 1 is 1.53 bits per heavy atom. The van der Waals surface area contributed by atoms with Crippen molar-refractivity contribution >= 4 is 23.1 Å². The minimum absolute atomic E-state index is 0.621. The van der Waals surface area contributed by atoms with Crippen molar-refractivity contribution in [1.82, 2.24) is 0 Å². The summed E-state index contributed by atoms with van der Waals surface area (Å²) >= 11 is 1.97. The lowest BCUT2D eigenvalue weighted by atomic mass is 10.1. The molecule has 1 N–H and O–H groups in total. The molecule has 2 heterocycles. The van der Waals surface area contributed by atoms with Crippen LogP contribution in [0.1, 0.15) is 5.56 Å². The van der Waals surface area contributed by atoms with Crippen molar-refractivity contribution in [1.29, 1.82) is 5.26 Å². The third-order valence-corrected chi connectivity index (χ3v) is 4.03.